The molecule has 0 radical (unpaired) electrons. The molecule has 30 heavy (non-hydrogen) atoms. The van der Waals surface area contributed by atoms with E-state index in [1.807, 2.05) is 36.7 Å². The summed E-state index contributed by atoms with van der Waals surface area (Å²) in [5, 5.41) is 0. The molecule has 148 valence electrons. The Labute approximate surface area is 186 Å². The van der Waals surface area contributed by atoms with Crippen LogP contribution in [0.5, 0.6) is 0 Å². The van der Waals surface area contributed by atoms with E-state index in [4.69, 9.17) is 9.97 Å². The van der Waals surface area contributed by atoms with Crippen molar-refractivity contribution in [1.82, 2.24) is 9.97 Å². The van der Waals surface area contributed by atoms with Gasteiger partial charge >= 0.3 is 0 Å². The molecule has 4 aromatic rings. The van der Waals surface area contributed by atoms with Crippen LogP contribution in [-0.4, -0.2) is 22.5 Å². The maximum absolute atomic E-state index is 4.71. The largest absolute Gasteiger partial charge is 0.256 e. The molecule has 0 fully saturated rings. The van der Waals surface area contributed by atoms with Gasteiger partial charge < -0.3 is 0 Å². The number of rotatable bonds is 6. The fourth-order valence-corrected chi connectivity index (χ4v) is 4.19. The van der Waals surface area contributed by atoms with E-state index >= 15 is 0 Å². The van der Waals surface area contributed by atoms with Gasteiger partial charge in [0, 0.05) is 33.3 Å². The van der Waals surface area contributed by atoms with Gasteiger partial charge in [0.2, 0.25) is 0 Å². The van der Waals surface area contributed by atoms with Crippen molar-refractivity contribution in [3.63, 3.8) is 0 Å². The van der Waals surface area contributed by atoms with Crippen LogP contribution in [0.2, 0.25) is 0 Å². The van der Waals surface area contributed by atoms with Crippen molar-refractivity contribution in [2.75, 3.05) is 12.5 Å². The minimum Gasteiger partial charge on any atom is -0.256 e. The van der Waals surface area contributed by atoms with Crippen LogP contribution in [0.4, 0.5) is 0 Å². The second-order valence-corrected chi connectivity index (χ2v) is 8.40. The fourth-order valence-electron chi connectivity index (χ4n) is 3.38. The van der Waals surface area contributed by atoms with Gasteiger partial charge in [-0.3, -0.25) is 9.97 Å². The van der Waals surface area contributed by atoms with Crippen LogP contribution < -0.4 is 0 Å². The van der Waals surface area contributed by atoms with Gasteiger partial charge in [0.15, 0.2) is 0 Å². The molecule has 0 saturated heterocycles. The Morgan fingerprint density at radius 3 is 1.23 bits per heavy atom. The van der Waals surface area contributed by atoms with Crippen LogP contribution in [0.1, 0.15) is 22.5 Å². The summed E-state index contributed by atoms with van der Waals surface area (Å²) in [6, 6.07) is 29.5. The molecular formula is C26H22N2S2. The van der Waals surface area contributed by atoms with Crippen LogP contribution in [0.15, 0.2) is 107 Å². The molecule has 0 bridgehead atoms. The van der Waals surface area contributed by atoms with Crippen molar-refractivity contribution in [2.24, 2.45) is 0 Å². The molecule has 4 heteroatoms. The van der Waals surface area contributed by atoms with E-state index in [0.717, 1.165) is 33.7 Å². The number of aromatic nitrogens is 2. The van der Waals surface area contributed by atoms with Crippen LogP contribution in [-0.2, 0) is 0 Å². The lowest BCUT2D eigenvalue weighted by Gasteiger charge is -2.17. The molecule has 4 rings (SSSR count). The third kappa shape index (κ3) is 4.50. The number of benzene rings is 2. The smallest absolute Gasteiger partial charge is 0.0715 e. The highest BCUT2D eigenvalue weighted by molar-refractivity contribution is 7.98. The summed E-state index contributed by atoms with van der Waals surface area (Å²) in [7, 11) is 0. The molecule has 2 aromatic carbocycles. The number of pyridine rings is 2. The lowest BCUT2D eigenvalue weighted by molar-refractivity contribution is 1.24. The lowest BCUT2D eigenvalue weighted by Crippen LogP contribution is -2.00. The highest BCUT2D eigenvalue weighted by Crippen LogP contribution is 2.36. The van der Waals surface area contributed by atoms with Crippen molar-refractivity contribution < 1.29 is 0 Å². The quantitative estimate of drug-likeness (QED) is 0.247. The number of hydrogen-bond acceptors (Lipinski definition) is 4. The minimum absolute atomic E-state index is 0.934. The zero-order valence-electron chi connectivity index (χ0n) is 16.9. The lowest BCUT2D eigenvalue weighted by atomic mass is 9.90. The van der Waals surface area contributed by atoms with Gasteiger partial charge in [-0.25, -0.2) is 0 Å². The van der Waals surface area contributed by atoms with Gasteiger partial charge in [0.1, 0.15) is 0 Å². The first-order valence-electron chi connectivity index (χ1n) is 9.66. The van der Waals surface area contributed by atoms with Crippen LogP contribution in [0, 0.1) is 0 Å². The molecule has 0 saturated carbocycles. The number of nitrogens with zero attached hydrogens (tertiary/aromatic N) is 2. The van der Waals surface area contributed by atoms with E-state index < -0.39 is 0 Å². The molecular weight excluding hydrogens is 404 g/mol. The Kier molecular flexibility index (Phi) is 6.67. The highest BCUT2D eigenvalue weighted by atomic mass is 32.2. The summed E-state index contributed by atoms with van der Waals surface area (Å²) in [5.74, 6) is 0. The van der Waals surface area contributed by atoms with Crippen molar-refractivity contribution in [3.05, 3.63) is 120 Å². The average Bonchev–Trinajstić information content (AvgIpc) is 2.84. The van der Waals surface area contributed by atoms with E-state index in [-0.39, 0.29) is 0 Å². The normalized spacial score (nSPS) is 11.8. The monoisotopic (exact) mass is 426 g/mol. The summed E-state index contributed by atoms with van der Waals surface area (Å²) in [5.41, 5.74) is 6.29. The van der Waals surface area contributed by atoms with E-state index in [1.54, 1.807) is 23.5 Å². The predicted octanol–water partition coefficient (Wildman–Crippen LogP) is 6.93. The van der Waals surface area contributed by atoms with E-state index in [1.165, 1.54) is 9.79 Å². The van der Waals surface area contributed by atoms with Gasteiger partial charge in [-0.15, -0.1) is 23.5 Å². The number of hydrogen-bond donors (Lipinski definition) is 0. The molecule has 0 aliphatic rings. The second-order valence-electron chi connectivity index (χ2n) is 6.64. The molecule has 0 amide bonds. The van der Waals surface area contributed by atoms with Crippen molar-refractivity contribution in [2.45, 2.75) is 9.79 Å². The first kappa shape index (κ1) is 20.5. The van der Waals surface area contributed by atoms with Crippen molar-refractivity contribution in [1.29, 1.82) is 0 Å². The van der Waals surface area contributed by atoms with Gasteiger partial charge in [-0.2, -0.15) is 0 Å². The van der Waals surface area contributed by atoms with Crippen LogP contribution in [0.3, 0.4) is 0 Å². The van der Waals surface area contributed by atoms with Gasteiger partial charge in [-0.05, 0) is 72.2 Å². The molecule has 0 unspecified atom stereocenters. The fraction of sp³-hybridized carbons (Fsp3) is 0.0769. The predicted molar refractivity (Wildman–Crippen MR) is 130 cm³/mol. The van der Waals surface area contributed by atoms with Gasteiger partial charge in [-0.1, -0.05) is 36.4 Å². The first-order valence-corrected chi connectivity index (χ1v) is 12.1. The molecule has 0 aliphatic heterocycles. The first-order chi connectivity index (χ1) is 14.8. The highest BCUT2D eigenvalue weighted by Gasteiger charge is 2.18. The molecule has 2 aromatic heterocycles. The van der Waals surface area contributed by atoms with Crippen molar-refractivity contribution in [3.8, 4) is 0 Å². The second kappa shape index (κ2) is 9.79. The van der Waals surface area contributed by atoms with E-state index in [9.17, 15) is 0 Å². The zero-order valence-corrected chi connectivity index (χ0v) is 18.6. The Bertz CT molecular complexity index is 1030. The summed E-state index contributed by atoms with van der Waals surface area (Å²) in [4.78, 5) is 11.9. The van der Waals surface area contributed by atoms with Crippen LogP contribution >= 0.6 is 23.5 Å². The zero-order chi connectivity index (χ0) is 20.8. The Balaban J connectivity index is 2.03. The number of thioether (sulfide) groups is 2. The maximum Gasteiger partial charge on any atom is 0.0715 e. The summed E-state index contributed by atoms with van der Waals surface area (Å²) in [6.45, 7) is 0. The maximum atomic E-state index is 4.71. The molecule has 0 atom stereocenters. The standard InChI is InChI=1S/C26H22N2S2/c1-29-21-13-9-19(10-14-21)25(23-7-3-5-17-27-23)26(24-8-4-6-18-28-24)20-11-15-22(30-2)16-12-20/h3-18H,1-2H3/b26-25+. The molecule has 0 aliphatic carbocycles. The Hall–Kier alpha value is -2.82. The van der Waals surface area contributed by atoms with Gasteiger partial charge in [0.25, 0.3) is 0 Å². The Morgan fingerprint density at radius 1 is 0.533 bits per heavy atom. The van der Waals surface area contributed by atoms with Gasteiger partial charge in [0.05, 0.1) is 11.4 Å². The third-order valence-corrected chi connectivity index (χ3v) is 6.34. The molecule has 2 heterocycles. The third-order valence-electron chi connectivity index (χ3n) is 4.85. The van der Waals surface area contributed by atoms with E-state index in [2.05, 4.69) is 73.2 Å². The Morgan fingerprint density at radius 2 is 0.933 bits per heavy atom. The van der Waals surface area contributed by atoms with E-state index in [0.29, 0.717) is 0 Å². The average molecular weight is 427 g/mol. The molecule has 2 nitrogen and oxygen atoms in total. The molecule has 0 N–H and O–H groups in total. The summed E-state index contributed by atoms with van der Waals surface area (Å²) in [6.07, 6.45) is 7.88. The minimum atomic E-state index is 0.934. The SMILES string of the molecule is CSc1ccc(/C(=C(/c2ccc(SC)cc2)c2ccccn2)c2ccccn2)cc1. The van der Waals surface area contributed by atoms with Crippen LogP contribution in [0.25, 0.3) is 11.1 Å². The van der Waals surface area contributed by atoms with Crippen molar-refractivity contribution >= 4 is 34.7 Å². The topological polar surface area (TPSA) is 25.8 Å². The molecule has 0 spiro atoms. The summed E-state index contributed by atoms with van der Waals surface area (Å²) >= 11 is 3.49. The summed E-state index contributed by atoms with van der Waals surface area (Å²) < 4.78 is 0.